The minimum atomic E-state index is -1.22. The van der Waals surface area contributed by atoms with E-state index in [1.54, 1.807) is 0 Å². The Hall–Kier alpha value is -3.17. The first-order valence-corrected chi connectivity index (χ1v) is 7.96. The summed E-state index contributed by atoms with van der Waals surface area (Å²) < 4.78 is 9.79. The van der Waals surface area contributed by atoms with Gasteiger partial charge >= 0.3 is 11.9 Å². The summed E-state index contributed by atoms with van der Waals surface area (Å²) in [6.07, 6.45) is 0.612. The second kappa shape index (κ2) is 8.79. The number of carbonyl (C=O) groups excluding carboxylic acids is 4. The number of esters is 2. The van der Waals surface area contributed by atoms with Crippen molar-refractivity contribution in [3.63, 3.8) is 0 Å². The number of aromatic nitrogens is 1. The third-order valence-electron chi connectivity index (χ3n) is 3.57. The average molecular weight is 365 g/mol. The molecule has 2 heterocycles. The summed E-state index contributed by atoms with van der Waals surface area (Å²) in [5.41, 5.74) is -0.265. The summed E-state index contributed by atoms with van der Waals surface area (Å²) in [5.74, 6) is -3.16. The molecule has 0 bridgehead atoms. The maximum atomic E-state index is 12.4. The molecule has 3 N–H and O–H groups in total. The molecule has 0 radical (unpaired) electrons. The Kier molecular flexibility index (Phi) is 6.48. The van der Waals surface area contributed by atoms with Crippen LogP contribution in [0.5, 0.6) is 5.75 Å². The highest BCUT2D eigenvalue weighted by atomic mass is 16.6. The van der Waals surface area contributed by atoms with Crippen molar-refractivity contribution in [3.8, 4) is 5.75 Å². The van der Waals surface area contributed by atoms with Gasteiger partial charge in [0.05, 0.1) is 0 Å². The number of nitrogens with one attached hydrogen (secondary N) is 2. The van der Waals surface area contributed by atoms with Crippen molar-refractivity contribution in [3.05, 3.63) is 24.0 Å². The normalized spacial score (nSPS) is 22.1. The van der Waals surface area contributed by atoms with Gasteiger partial charge in [0.15, 0.2) is 12.3 Å². The summed E-state index contributed by atoms with van der Waals surface area (Å²) in [4.78, 5) is 51.5. The van der Waals surface area contributed by atoms with Crippen LogP contribution in [0.1, 0.15) is 30.3 Å². The van der Waals surface area contributed by atoms with Crippen molar-refractivity contribution in [1.29, 1.82) is 0 Å². The number of nitrogens with zero attached hydrogens (tertiary/aromatic N) is 1. The van der Waals surface area contributed by atoms with Crippen LogP contribution in [0.3, 0.4) is 0 Å². The Bertz CT molecular complexity index is 707. The quantitative estimate of drug-likeness (QED) is 0.582. The van der Waals surface area contributed by atoms with Crippen LogP contribution in [0.2, 0.25) is 0 Å². The van der Waals surface area contributed by atoms with Gasteiger partial charge in [-0.15, -0.1) is 0 Å². The van der Waals surface area contributed by atoms with Crippen molar-refractivity contribution < 1.29 is 33.8 Å². The summed E-state index contributed by atoms with van der Waals surface area (Å²) in [6.45, 7) is 1.01. The molecule has 1 aliphatic rings. The zero-order chi connectivity index (χ0) is 19.1. The lowest BCUT2D eigenvalue weighted by molar-refractivity contribution is -0.163. The summed E-state index contributed by atoms with van der Waals surface area (Å²) in [7, 11) is 0. The molecule has 1 saturated heterocycles. The fraction of sp³-hybridized carbons (Fsp3) is 0.438. The fourth-order valence-corrected chi connectivity index (χ4v) is 2.25. The molecule has 0 saturated carbocycles. The molecule has 2 atom stereocenters. The van der Waals surface area contributed by atoms with Gasteiger partial charge in [-0.3, -0.25) is 14.4 Å². The molecule has 10 nitrogen and oxygen atoms in total. The molecule has 140 valence electrons. The Labute approximate surface area is 148 Å². The predicted octanol–water partition coefficient (Wildman–Crippen LogP) is -0.729. The molecule has 26 heavy (non-hydrogen) atoms. The van der Waals surface area contributed by atoms with Gasteiger partial charge in [-0.25, -0.2) is 9.78 Å². The fourth-order valence-electron chi connectivity index (χ4n) is 2.25. The number of rotatable bonds is 2. The predicted molar refractivity (Wildman–Crippen MR) is 85.9 cm³/mol. The number of hydrogen-bond donors (Lipinski definition) is 3. The van der Waals surface area contributed by atoms with E-state index in [0.717, 1.165) is 0 Å². The van der Waals surface area contributed by atoms with E-state index in [4.69, 9.17) is 9.47 Å². The van der Waals surface area contributed by atoms with Crippen LogP contribution in [0.15, 0.2) is 18.3 Å². The van der Waals surface area contributed by atoms with Gasteiger partial charge < -0.3 is 25.2 Å². The zero-order valence-electron chi connectivity index (χ0n) is 14.1. The first-order chi connectivity index (χ1) is 12.4. The lowest BCUT2D eigenvalue weighted by atomic mass is 10.1. The molecule has 0 spiro atoms. The van der Waals surface area contributed by atoms with Gasteiger partial charge in [-0.05, 0) is 25.5 Å². The van der Waals surface area contributed by atoms with Gasteiger partial charge in [-0.1, -0.05) is 0 Å². The van der Waals surface area contributed by atoms with Crippen molar-refractivity contribution in [1.82, 2.24) is 15.6 Å². The molecule has 0 aliphatic carbocycles. The van der Waals surface area contributed by atoms with E-state index in [-0.39, 0.29) is 24.4 Å². The van der Waals surface area contributed by atoms with Crippen molar-refractivity contribution in [2.24, 2.45) is 0 Å². The second-order valence-corrected chi connectivity index (χ2v) is 5.57. The Morgan fingerprint density at radius 2 is 2.12 bits per heavy atom. The topological polar surface area (TPSA) is 144 Å². The Morgan fingerprint density at radius 3 is 2.85 bits per heavy atom. The molecule has 2 amide bonds. The number of cyclic esters (lactones) is 2. The third-order valence-corrected chi connectivity index (χ3v) is 3.57. The van der Waals surface area contributed by atoms with E-state index in [1.807, 2.05) is 0 Å². The number of ether oxygens (including phenoxy) is 2. The van der Waals surface area contributed by atoms with Crippen LogP contribution in [0.25, 0.3) is 0 Å². The van der Waals surface area contributed by atoms with E-state index in [1.165, 1.54) is 25.3 Å². The largest absolute Gasteiger partial charge is 0.505 e. The maximum absolute atomic E-state index is 12.4. The lowest BCUT2D eigenvalue weighted by Crippen LogP contribution is -2.54. The second-order valence-electron chi connectivity index (χ2n) is 5.57. The zero-order valence-corrected chi connectivity index (χ0v) is 14.1. The highest BCUT2D eigenvalue weighted by Crippen LogP contribution is 2.13. The van der Waals surface area contributed by atoms with Gasteiger partial charge in [0, 0.05) is 19.2 Å². The van der Waals surface area contributed by atoms with Crippen molar-refractivity contribution in [2.45, 2.75) is 31.9 Å². The van der Waals surface area contributed by atoms with Crippen LogP contribution < -0.4 is 10.6 Å². The Morgan fingerprint density at radius 1 is 1.35 bits per heavy atom. The molecule has 0 aromatic carbocycles. The van der Waals surface area contributed by atoms with Gasteiger partial charge in [0.2, 0.25) is 5.91 Å². The molecule has 2 rings (SSSR count). The first-order valence-electron chi connectivity index (χ1n) is 7.96. The average Bonchev–Trinajstić information content (AvgIpc) is 2.60. The molecule has 10 heteroatoms. The molecule has 0 unspecified atom stereocenters. The van der Waals surface area contributed by atoms with Crippen molar-refractivity contribution >= 4 is 23.8 Å². The molecule has 1 aliphatic heterocycles. The molecule has 1 fully saturated rings. The number of hydrogen-bond acceptors (Lipinski definition) is 8. The van der Waals surface area contributed by atoms with Crippen LogP contribution in [0.4, 0.5) is 0 Å². The van der Waals surface area contributed by atoms with Gasteiger partial charge in [-0.2, -0.15) is 0 Å². The molecule has 1 aromatic rings. The number of aromatic hydroxyl groups is 1. The summed E-state index contributed by atoms with van der Waals surface area (Å²) in [6, 6.07) is 1.50. The van der Waals surface area contributed by atoms with E-state index < -0.39 is 42.5 Å². The van der Waals surface area contributed by atoms with Crippen molar-refractivity contribution in [2.75, 3.05) is 13.2 Å². The highest BCUT2D eigenvalue weighted by Gasteiger charge is 2.31. The minimum absolute atomic E-state index is 0.0297. The standard InChI is InChI=1S/C16H19N3O7/c1-9-13(19-16(24)14-10(20)4-2-6-17-14)15(23)18-7-3-5-11(21)25-8-12(22)26-9/h2,4,6,9,13,20H,3,5,7-8H2,1H3,(H,18,23)(H,19,24)/t9-,13+/m1/s1. The van der Waals surface area contributed by atoms with Gasteiger partial charge in [0.25, 0.3) is 5.91 Å². The van der Waals surface area contributed by atoms with Crippen LogP contribution in [0, 0.1) is 0 Å². The van der Waals surface area contributed by atoms with Crippen LogP contribution in [-0.4, -0.2) is 59.1 Å². The number of amides is 2. The molecule has 1 aromatic heterocycles. The number of carbonyl (C=O) groups is 4. The number of pyridine rings is 1. The van der Waals surface area contributed by atoms with E-state index in [9.17, 15) is 24.3 Å². The van der Waals surface area contributed by atoms with Gasteiger partial charge in [0.1, 0.15) is 17.9 Å². The third kappa shape index (κ3) is 5.16. The van der Waals surface area contributed by atoms with E-state index in [2.05, 4.69) is 15.6 Å². The smallest absolute Gasteiger partial charge is 0.344 e. The Balaban J connectivity index is 2.15. The highest BCUT2D eigenvalue weighted by molar-refractivity contribution is 5.98. The van der Waals surface area contributed by atoms with Crippen LogP contribution >= 0.6 is 0 Å². The lowest BCUT2D eigenvalue weighted by Gasteiger charge is -2.25. The SMILES string of the molecule is C[C@H]1OC(=O)COC(=O)CCCNC(=O)[C@H]1NC(=O)c1ncccc1O. The summed E-state index contributed by atoms with van der Waals surface area (Å²) >= 11 is 0. The van der Waals surface area contributed by atoms with E-state index in [0.29, 0.717) is 6.42 Å². The van der Waals surface area contributed by atoms with E-state index >= 15 is 0 Å². The maximum Gasteiger partial charge on any atom is 0.344 e. The monoisotopic (exact) mass is 365 g/mol. The molecular formula is C16H19N3O7. The van der Waals surface area contributed by atoms with Crippen LogP contribution in [-0.2, 0) is 23.9 Å². The first kappa shape index (κ1) is 19.2. The molecular weight excluding hydrogens is 346 g/mol. The minimum Gasteiger partial charge on any atom is -0.505 e. The summed E-state index contributed by atoms with van der Waals surface area (Å²) in [5, 5.41) is 14.7.